The van der Waals surface area contributed by atoms with E-state index in [-0.39, 0.29) is 16.0 Å². The topological polar surface area (TPSA) is 63.0 Å². The van der Waals surface area contributed by atoms with Crippen LogP contribution in [-0.4, -0.2) is 21.1 Å². The van der Waals surface area contributed by atoms with Gasteiger partial charge in [0.25, 0.3) is 5.56 Å². The average molecular weight is 314 g/mol. The molecule has 9 heteroatoms. The molecular weight excluding hydrogens is 305 g/mol. The van der Waals surface area contributed by atoms with Crippen LogP contribution < -0.4 is 5.56 Å². The van der Waals surface area contributed by atoms with Crippen LogP contribution in [0, 0.1) is 11.7 Å². The van der Waals surface area contributed by atoms with Crippen LogP contribution in [0.5, 0.6) is 0 Å². The highest BCUT2D eigenvalue weighted by molar-refractivity contribution is 7.71. The lowest BCUT2D eigenvalue weighted by Crippen LogP contribution is -2.22. The van der Waals surface area contributed by atoms with Gasteiger partial charge in [-0.05, 0) is 36.8 Å². The molecule has 1 aromatic carbocycles. The summed E-state index contributed by atoms with van der Waals surface area (Å²) in [4.78, 5) is 11.8. The van der Waals surface area contributed by atoms with Crippen molar-refractivity contribution in [1.29, 1.82) is 0 Å². The van der Waals surface area contributed by atoms with Gasteiger partial charge in [0.05, 0.1) is 11.8 Å². The Kier molecular flexibility index (Phi) is 4.03. The van der Waals surface area contributed by atoms with E-state index in [9.17, 15) is 18.0 Å². The lowest BCUT2D eigenvalue weighted by atomic mass is 10.1. The third-order valence-corrected chi connectivity index (χ3v) is 2.81. The van der Waals surface area contributed by atoms with Crippen LogP contribution in [0.1, 0.15) is 16.8 Å². The van der Waals surface area contributed by atoms with E-state index < -0.39 is 17.3 Å². The van der Waals surface area contributed by atoms with Crippen molar-refractivity contribution in [3.63, 3.8) is 0 Å². The number of nitrogens with one attached hydrogen (secondary N) is 1. The molecule has 1 aromatic heterocycles. The first kappa shape index (κ1) is 15.1. The van der Waals surface area contributed by atoms with Crippen LogP contribution in [0.3, 0.4) is 0 Å². The molecule has 0 spiro atoms. The molecule has 2 aromatic rings. The summed E-state index contributed by atoms with van der Waals surface area (Å²) in [7, 11) is 0. The number of rotatable bonds is 2. The number of aromatic amines is 1. The van der Waals surface area contributed by atoms with E-state index in [1.807, 2.05) is 0 Å². The molecule has 0 saturated carbocycles. The SMILES string of the molecule is Cc1n[nH]c(=S)n(N=Cc2cccc(C(F)(F)F)c2)c1=O. The Morgan fingerprint density at radius 1 is 1.43 bits per heavy atom. The smallest absolute Gasteiger partial charge is 0.265 e. The highest BCUT2D eigenvalue weighted by atomic mass is 32.1. The first-order valence-corrected chi connectivity index (χ1v) is 6.10. The van der Waals surface area contributed by atoms with Gasteiger partial charge in [0.1, 0.15) is 5.69 Å². The molecular formula is C12H9F3N4OS. The number of H-pyrrole nitrogens is 1. The predicted molar refractivity (Wildman–Crippen MR) is 72.9 cm³/mol. The molecule has 0 aliphatic carbocycles. The molecule has 21 heavy (non-hydrogen) atoms. The molecule has 0 unspecified atom stereocenters. The van der Waals surface area contributed by atoms with Gasteiger partial charge in [0, 0.05) is 0 Å². The largest absolute Gasteiger partial charge is 0.416 e. The lowest BCUT2D eigenvalue weighted by molar-refractivity contribution is -0.137. The number of aryl methyl sites for hydroxylation is 1. The van der Waals surface area contributed by atoms with E-state index >= 15 is 0 Å². The summed E-state index contributed by atoms with van der Waals surface area (Å²) >= 11 is 4.85. The van der Waals surface area contributed by atoms with Crippen molar-refractivity contribution < 1.29 is 13.2 Å². The summed E-state index contributed by atoms with van der Waals surface area (Å²) in [5, 5.41) is 9.87. The summed E-state index contributed by atoms with van der Waals surface area (Å²) in [6, 6.07) is 4.57. The van der Waals surface area contributed by atoms with Crippen LogP contribution >= 0.6 is 12.2 Å². The zero-order valence-corrected chi connectivity index (χ0v) is 11.5. The van der Waals surface area contributed by atoms with Gasteiger partial charge in [0.2, 0.25) is 4.77 Å². The molecule has 0 bridgehead atoms. The van der Waals surface area contributed by atoms with Gasteiger partial charge in [-0.1, -0.05) is 12.1 Å². The molecule has 5 nitrogen and oxygen atoms in total. The average Bonchev–Trinajstić information content (AvgIpc) is 2.42. The monoisotopic (exact) mass is 314 g/mol. The number of nitrogens with zero attached hydrogens (tertiary/aromatic N) is 3. The fourth-order valence-corrected chi connectivity index (χ4v) is 1.67. The first-order chi connectivity index (χ1) is 9.79. The highest BCUT2D eigenvalue weighted by Crippen LogP contribution is 2.29. The third-order valence-electron chi connectivity index (χ3n) is 2.55. The number of halogens is 3. The van der Waals surface area contributed by atoms with E-state index in [0.717, 1.165) is 23.0 Å². The Hall–Kier alpha value is -2.29. The van der Waals surface area contributed by atoms with Gasteiger partial charge in [-0.15, -0.1) is 0 Å². The van der Waals surface area contributed by atoms with E-state index in [4.69, 9.17) is 12.2 Å². The van der Waals surface area contributed by atoms with Crippen molar-refractivity contribution >= 4 is 18.4 Å². The van der Waals surface area contributed by atoms with Crippen molar-refractivity contribution in [2.75, 3.05) is 0 Å². The van der Waals surface area contributed by atoms with Crippen LogP contribution in [0.15, 0.2) is 34.2 Å². The Bertz CT molecular complexity index is 807. The second-order valence-corrected chi connectivity index (χ2v) is 4.49. The summed E-state index contributed by atoms with van der Waals surface area (Å²) in [5.74, 6) is 0. The minimum absolute atomic E-state index is 0.0474. The standard InChI is InChI=1S/C12H9F3N4OS/c1-7-10(20)19(11(21)18-17-7)16-6-8-3-2-4-9(5-8)12(13,14)15/h2-6H,1H3,(H,18,21). The molecule has 1 heterocycles. The Balaban J connectivity index is 2.42. The molecule has 0 amide bonds. The minimum Gasteiger partial charge on any atom is -0.265 e. The van der Waals surface area contributed by atoms with Crippen molar-refractivity contribution in [3.05, 3.63) is 56.2 Å². The van der Waals surface area contributed by atoms with Gasteiger partial charge in [0.15, 0.2) is 0 Å². The molecule has 0 radical (unpaired) electrons. The van der Waals surface area contributed by atoms with Gasteiger partial charge < -0.3 is 0 Å². The Morgan fingerprint density at radius 2 is 2.14 bits per heavy atom. The highest BCUT2D eigenvalue weighted by Gasteiger charge is 2.30. The number of hydrogen-bond donors (Lipinski definition) is 1. The maximum Gasteiger partial charge on any atom is 0.416 e. The Morgan fingerprint density at radius 3 is 2.81 bits per heavy atom. The first-order valence-electron chi connectivity index (χ1n) is 5.69. The lowest BCUT2D eigenvalue weighted by Gasteiger charge is -2.06. The van der Waals surface area contributed by atoms with Gasteiger partial charge in [-0.2, -0.15) is 28.0 Å². The van der Waals surface area contributed by atoms with E-state index in [1.54, 1.807) is 0 Å². The summed E-state index contributed by atoms with van der Waals surface area (Å²) in [5.41, 5.74) is -0.998. The maximum atomic E-state index is 12.6. The van der Waals surface area contributed by atoms with Gasteiger partial charge in [-0.3, -0.25) is 9.89 Å². The van der Waals surface area contributed by atoms with Crippen molar-refractivity contribution in [3.8, 4) is 0 Å². The number of benzene rings is 1. The molecule has 0 aliphatic heterocycles. The molecule has 0 saturated heterocycles. The van der Waals surface area contributed by atoms with Crippen molar-refractivity contribution in [2.24, 2.45) is 5.10 Å². The van der Waals surface area contributed by atoms with Crippen molar-refractivity contribution in [2.45, 2.75) is 13.1 Å². The predicted octanol–water partition coefficient (Wildman–Crippen LogP) is 2.51. The zero-order valence-electron chi connectivity index (χ0n) is 10.7. The third kappa shape index (κ3) is 3.43. The molecule has 110 valence electrons. The van der Waals surface area contributed by atoms with Crippen LogP contribution in [0.4, 0.5) is 13.2 Å². The van der Waals surface area contributed by atoms with Crippen LogP contribution in [0.25, 0.3) is 0 Å². The van der Waals surface area contributed by atoms with Crippen LogP contribution in [0.2, 0.25) is 0 Å². The molecule has 1 N–H and O–H groups in total. The summed E-state index contributed by atoms with van der Waals surface area (Å²) in [6.45, 7) is 1.46. The van der Waals surface area contributed by atoms with E-state index in [1.165, 1.54) is 19.1 Å². The van der Waals surface area contributed by atoms with E-state index in [0.29, 0.717) is 0 Å². The molecule has 0 atom stereocenters. The summed E-state index contributed by atoms with van der Waals surface area (Å²) in [6.07, 6.45) is -3.31. The number of hydrogen-bond acceptors (Lipinski definition) is 4. The minimum atomic E-state index is -4.44. The normalized spacial score (nSPS) is 12.0. The van der Waals surface area contributed by atoms with Crippen molar-refractivity contribution in [1.82, 2.24) is 14.9 Å². The molecule has 2 rings (SSSR count). The van der Waals surface area contributed by atoms with E-state index in [2.05, 4.69) is 15.3 Å². The molecule has 0 fully saturated rings. The fourth-order valence-electron chi connectivity index (χ4n) is 1.50. The summed E-state index contributed by atoms with van der Waals surface area (Å²) < 4.78 is 38.6. The van der Waals surface area contributed by atoms with Crippen LogP contribution in [-0.2, 0) is 6.18 Å². The Labute approximate surface area is 121 Å². The second-order valence-electron chi connectivity index (χ2n) is 4.10. The van der Waals surface area contributed by atoms with Gasteiger partial charge in [-0.25, -0.2) is 0 Å². The number of aromatic nitrogens is 3. The molecule has 0 aliphatic rings. The zero-order chi connectivity index (χ0) is 15.6. The fraction of sp³-hybridized carbons (Fsp3) is 0.167. The quantitative estimate of drug-likeness (QED) is 0.684. The maximum absolute atomic E-state index is 12.6. The number of alkyl halides is 3. The van der Waals surface area contributed by atoms with Gasteiger partial charge >= 0.3 is 6.18 Å². The second kappa shape index (κ2) is 5.60.